The van der Waals surface area contributed by atoms with Gasteiger partial charge in [0.25, 0.3) is 20.2 Å². The van der Waals surface area contributed by atoms with Crippen LogP contribution >= 0.6 is 0 Å². The largest absolute Gasteiger partial charge is 0.465 e. The summed E-state index contributed by atoms with van der Waals surface area (Å²) in [6.07, 6.45) is 0. The van der Waals surface area contributed by atoms with Gasteiger partial charge in [0.15, 0.2) is 0 Å². The molecule has 0 aromatic heterocycles. The van der Waals surface area contributed by atoms with E-state index < -0.39 is 53.1 Å². The van der Waals surface area contributed by atoms with Crippen molar-refractivity contribution in [3.8, 4) is 11.1 Å². The third-order valence-electron chi connectivity index (χ3n) is 3.63. The van der Waals surface area contributed by atoms with Crippen LogP contribution in [0.2, 0.25) is 0 Å². The van der Waals surface area contributed by atoms with Crippen LogP contribution in [0.5, 0.6) is 0 Å². The van der Waals surface area contributed by atoms with Gasteiger partial charge in [-0.1, -0.05) is 12.1 Å². The lowest BCUT2D eigenvalue weighted by atomic mass is 9.97. The predicted octanol–water partition coefficient (Wildman–Crippen LogP) is 1.42. The zero-order chi connectivity index (χ0) is 21.3. The second-order valence-corrected chi connectivity index (χ2v) is 8.17. The zero-order valence-corrected chi connectivity index (χ0v) is 16.1. The van der Waals surface area contributed by atoms with Gasteiger partial charge in [-0.3, -0.25) is 9.11 Å². The van der Waals surface area contributed by atoms with Crippen molar-refractivity contribution in [1.82, 2.24) is 0 Å². The first-order valence-corrected chi connectivity index (χ1v) is 10.2. The topological polar surface area (TPSA) is 161 Å². The van der Waals surface area contributed by atoms with Crippen molar-refractivity contribution in [3.05, 3.63) is 47.5 Å². The fourth-order valence-electron chi connectivity index (χ4n) is 2.44. The summed E-state index contributed by atoms with van der Waals surface area (Å²) in [4.78, 5) is 22.6. The van der Waals surface area contributed by atoms with Crippen LogP contribution < -0.4 is 0 Å². The van der Waals surface area contributed by atoms with Gasteiger partial charge in [0, 0.05) is 5.56 Å². The summed E-state index contributed by atoms with van der Waals surface area (Å²) >= 11 is 0. The summed E-state index contributed by atoms with van der Waals surface area (Å²) in [5, 5.41) is 0. The molecule has 0 spiro atoms. The molecule has 2 aromatic rings. The van der Waals surface area contributed by atoms with Crippen molar-refractivity contribution < 1.29 is 45.0 Å². The summed E-state index contributed by atoms with van der Waals surface area (Å²) in [5.74, 6) is -2.06. The fraction of sp³-hybridized carbons (Fsp3) is 0.125. The standard InChI is InChI=1S/C16H14O10S2/c1-25-15(17)10-7-12(16(18)26-2)14(13(8-10)28(22,23)24)9-4-3-5-11(6-9)27(19,20)21/h3-8H,1-2H3,(H,19,20,21)(H,22,23,24). The van der Waals surface area contributed by atoms with Crippen LogP contribution in [0.3, 0.4) is 0 Å². The van der Waals surface area contributed by atoms with Crippen LogP contribution in [0.15, 0.2) is 46.2 Å². The molecule has 0 saturated heterocycles. The normalized spacial score (nSPS) is 11.7. The Bertz CT molecular complexity index is 1160. The van der Waals surface area contributed by atoms with Crippen LogP contribution in [0, 0.1) is 0 Å². The molecule has 12 heteroatoms. The van der Waals surface area contributed by atoms with Gasteiger partial charge in [-0.15, -0.1) is 0 Å². The molecular formula is C16H14O10S2. The molecule has 0 atom stereocenters. The second-order valence-electron chi connectivity index (χ2n) is 5.36. The van der Waals surface area contributed by atoms with E-state index >= 15 is 0 Å². The lowest BCUT2D eigenvalue weighted by molar-refractivity contribution is 0.0599. The highest BCUT2D eigenvalue weighted by Crippen LogP contribution is 2.34. The van der Waals surface area contributed by atoms with Crippen LogP contribution in [0.1, 0.15) is 20.7 Å². The maximum Gasteiger partial charge on any atom is 0.338 e. The average Bonchev–Trinajstić information content (AvgIpc) is 2.64. The number of rotatable bonds is 5. The Morgan fingerprint density at radius 2 is 1.46 bits per heavy atom. The van der Waals surface area contributed by atoms with Gasteiger partial charge in [0.2, 0.25) is 0 Å². The molecule has 0 fully saturated rings. The van der Waals surface area contributed by atoms with E-state index in [2.05, 4.69) is 9.47 Å². The van der Waals surface area contributed by atoms with Crippen molar-refractivity contribution in [2.75, 3.05) is 14.2 Å². The quantitative estimate of drug-likeness (QED) is 0.524. The first-order valence-electron chi connectivity index (χ1n) is 7.30. The van der Waals surface area contributed by atoms with Crippen molar-refractivity contribution in [2.45, 2.75) is 9.79 Å². The molecule has 0 saturated carbocycles. The van der Waals surface area contributed by atoms with Crippen molar-refractivity contribution in [3.63, 3.8) is 0 Å². The monoisotopic (exact) mass is 430 g/mol. The zero-order valence-electron chi connectivity index (χ0n) is 14.4. The Morgan fingerprint density at radius 3 is 1.96 bits per heavy atom. The molecule has 0 radical (unpaired) electrons. The number of hydrogen-bond acceptors (Lipinski definition) is 8. The molecule has 2 rings (SSSR count). The molecule has 2 aromatic carbocycles. The molecule has 0 amide bonds. The minimum Gasteiger partial charge on any atom is -0.465 e. The van der Waals surface area contributed by atoms with E-state index in [4.69, 9.17) is 0 Å². The molecule has 0 aliphatic carbocycles. The summed E-state index contributed by atoms with van der Waals surface area (Å²) in [7, 11) is -7.61. The van der Waals surface area contributed by atoms with Crippen molar-refractivity contribution >= 4 is 32.2 Å². The van der Waals surface area contributed by atoms with E-state index in [9.17, 15) is 35.5 Å². The number of carbonyl (C=O) groups is 2. The van der Waals surface area contributed by atoms with Gasteiger partial charge >= 0.3 is 11.9 Å². The number of ether oxygens (including phenoxy) is 2. The Morgan fingerprint density at radius 1 is 0.857 bits per heavy atom. The van der Waals surface area contributed by atoms with Gasteiger partial charge in [-0.25, -0.2) is 9.59 Å². The lowest BCUT2D eigenvalue weighted by Gasteiger charge is -2.15. The minimum absolute atomic E-state index is 0.153. The van der Waals surface area contributed by atoms with Gasteiger partial charge in [0.1, 0.15) is 4.90 Å². The number of carbonyl (C=O) groups excluding carboxylic acids is 2. The first-order chi connectivity index (χ1) is 12.9. The molecule has 0 bridgehead atoms. The molecule has 0 aliphatic heterocycles. The highest BCUT2D eigenvalue weighted by Gasteiger charge is 2.27. The minimum atomic E-state index is -4.99. The van der Waals surface area contributed by atoms with Gasteiger partial charge in [-0.05, 0) is 29.8 Å². The first kappa shape index (κ1) is 21.5. The van der Waals surface area contributed by atoms with E-state index in [1.54, 1.807) is 0 Å². The third-order valence-corrected chi connectivity index (χ3v) is 5.35. The molecule has 150 valence electrons. The number of methoxy groups -OCH3 is 2. The summed E-state index contributed by atoms with van der Waals surface area (Å²) in [6.45, 7) is 0. The number of esters is 2. The molecule has 10 nitrogen and oxygen atoms in total. The van der Waals surface area contributed by atoms with E-state index in [-0.39, 0.29) is 11.1 Å². The maximum atomic E-state index is 12.2. The molecular weight excluding hydrogens is 416 g/mol. The van der Waals surface area contributed by atoms with E-state index in [1.807, 2.05) is 0 Å². The Balaban J connectivity index is 3.00. The number of hydrogen-bond donors (Lipinski definition) is 2. The van der Waals surface area contributed by atoms with Crippen molar-refractivity contribution in [2.24, 2.45) is 0 Å². The molecule has 28 heavy (non-hydrogen) atoms. The van der Waals surface area contributed by atoms with Crippen LogP contribution in [0.4, 0.5) is 0 Å². The van der Waals surface area contributed by atoms with Crippen molar-refractivity contribution in [1.29, 1.82) is 0 Å². The summed E-state index contributed by atoms with van der Waals surface area (Å²) in [6, 6.07) is 6.09. The SMILES string of the molecule is COC(=O)c1cc(C(=O)OC)c(-c2cccc(S(=O)(=O)O)c2)c(S(=O)(=O)O)c1. The van der Waals surface area contributed by atoms with E-state index in [1.165, 1.54) is 12.1 Å². The van der Waals surface area contributed by atoms with Gasteiger partial charge < -0.3 is 9.47 Å². The molecule has 0 aliphatic rings. The highest BCUT2D eigenvalue weighted by atomic mass is 32.2. The highest BCUT2D eigenvalue weighted by molar-refractivity contribution is 7.86. The summed E-state index contributed by atoms with van der Waals surface area (Å²) in [5.41, 5.74) is -1.40. The maximum absolute atomic E-state index is 12.2. The van der Waals surface area contributed by atoms with Gasteiger partial charge in [-0.2, -0.15) is 16.8 Å². The molecule has 0 heterocycles. The summed E-state index contributed by atoms with van der Waals surface area (Å²) < 4.78 is 74.6. The molecule has 0 unspecified atom stereocenters. The Labute approximate surface area is 160 Å². The number of benzene rings is 2. The van der Waals surface area contributed by atoms with E-state index in [0.717, 1.165) is 38.5 Å². The van der Waals surface area contributed by atoms with Crippen LogP contribution in [0.25, 0.3) is 11.1 Å². The smallest absolute Gasteiger partial charge is 0.338 e. The average molecular weight is 430 g/mol. The predicted molar refractivity (Wildman–Crippen MR) is 94.2 cm³/mol. The third kappa shape index (κ3) is 4.36. The Kier molecular flexibility index (Phi) is 5.89. The second kappa shape index (κ2) is 7.67. The molecule has 2 N–H and O–H groups in total. The van der Waals surface area contributed by atoms with Crippen LogP contribution in [-0.4, -0.2) is 52.1 Å². The fourth-order valence-corrected chi connectivity index (χ4v) is 3.72. The van der Waals surface area contributed by atoms with E-state index in [0.29, 0.717) is 0 Å². The van der Waals surface area contributed by atoms with Gasteiger partial charge in [0.05, 0.1) is 30.2 Å². The van der Waals surface area contributed by atoms with Crippen LogP contribution in [-0.2, 0) is 29.7 Å². The Hall–Kier alpha value is -2.80. The lowest BCUT2D eigenvalue weighted by Crippen LogP contribution is -2.13.